The number of aromatic nitrogens is 3. The van der Waals surface area contributed by atoms with Gasteiger partial charge in [-0.15, -0.1) is 5.10 Å². The summed E-state index contributed by atoms with van der Waals surface area (Å²) in [5.74, 6) is 0.165. The van der Waals surface area contributed by atoms with Crippen LogP contribution >= 0.6 is 0 Å². The van der Waals surface area contributed by atoms with Crippen molar-refractivity contribution in [3.63, 3.8) is 0 Å². The average Bonchev–Trinajstić information content (AvgIpc) is 2.69. The van der Waals surface area contributed by atoms with E-state index in [-0.39, 0.29) is 17.9 Å². The van der Waals surface area contributed by atoms with E-state index in [9.17, 15) is 9.59 Å². The minimum atomic E-state index is -0.640. The second-order valence-corrected chi connectivity index (χ2v) is 3.89. The van der Waals surface area contributed by atoms with E-state index >= 15 is 0 Å². The fourth-order valence-corrected chi connectivity index (χ4v) is 1.99. The van der Waals surface area contributed by atoms with Crippen molar-refractivity contribution in [1.29, 1.82) is 0 Å². The molecule has 0 aromatic carbocycles. The van der Waals surface area contributed by atoms with Crippen LogP contribution in [0.1, 0.15) is 19.3 Å². The molecule has 1 aliphatic rings. The maximum Gasteiger partial charge on any atom is 0.342 e. The van der Waals surface area contributed by atoms with Crippen LogP contribution < -0.4 is 21.7 Å². The quantitative estimate of drug-likeness (QED) is 0.609. The monoisotopic (exact) mass is 226 g/mol. The number of hydrogen-bond acceptors (Lipinski definition) is 5. The van der Waals surface area contributed by atoms with E-state index in [1.165, 1.54) is 0 Å². The molecular formula is C9H14N4O3. The van der Waals surface area contributed by atoms with Crippen LogP contribution in [0.2, 0.25) is 0 Å². The van der Waals surface area contributed by atoms with Gasteiger partial charge in [0, 0.05) is 5.92 Å². The number of nitrogens with one attached hydrogen (secondary N) is 2. The molecule has 0 amide bonds. The molecule has 16 heavy (non-hydrogen) atoms. The topological polar surface area (TPSA) is 114 Å². The molecule has 2 rings (SSSR count). The van der Waals surface area contributed by atoms with Crippen LogP contribution in [0.3, 0.4) is 0 Å². The molecule has 2 atom stereocenters. The largest absolute Gasteiger partial charge is 0.469 e. The van der Waals surface area contributed by atoms with E-state index in [0.29, 0.717) is 6.54 Å². The van der Waals surface area contributed by atoms with Crippen molar-refractivity contribution in [2.75, 3.05) is 6.54 Å². The van der Waals surface area contributed by atoms with Crippen molar-refractivity contribution in [2.45, 2.75) is 25.4 Å². The lowest BCUT2D eigenvalue weighted by molar-refractivity contribution is 0.151. The Morgan fingerprint density at radius 1 is 1.44 bits per heavy atom. The van der Waals surface area contributed by atoms with Gasteiger partial charge < -0.3 is 10.5 Å². The van der Waals surface area contributed by atoms with Crippen LogP contribution in [0.25, 0.3) is 0 Å². The van der Waals surface area contributed by atoms with E-state index in [2.05, 4.69) is 15.2 Å². The van der Waals surface area contributed by atoms with Gasteiger partial charge in [-0.25, -0.2) is 9.89 Å². The van der Waals surface area contributed by atoms with Crippen LogP contribution in [0.4, 0.5) is 0 Å². The Hall–Kier alpha value is -1.63. The standard InChI is InChI=1S/C9H14N4O3/c10-4-5-2-1-3-6(5)16-8-7(14)11-9(15)13-12-8/h5-6H,1-4,10H2,(H2,11,13,14,15). The van der Waals surface area contributed by atoms with Crippen LogP contribution in [0, 0.1) is 5.92 Å². The fraction of sp³-hybridized carbons (Fsp3) is 0.667. The number of aromatic amines is 2. The molecular weight excluding hydrogens is 212 g/mol. The molecule has 0 saturated heterocycles. The Labute approximate surface area is 91.0 Å². The molecule has 1 aromatic heterocycles. The van der Waals surface area contributed by atoms with Gasteiger partial charge in [0.2, 0.25) is 0 Å². The highest BCUT2D eigenvalue weighted by atomic mass is 16.5. The highest BCUT2D eigenvalue weighted by Crippen LogP contribution is 2.27. The van der Waals surface area contributed by atoms with Gasteiger partial charge in [-0.2, -0.15) is 0 Å². The molecule has 1 aromatic rings. The van der Waals surface area contributed by atoms with E-state index in [1.807, 2.05) is 0 Å². The first-order valence-corrected chi connectivity index (χ1v) is 5.26. The summed E-state index contributed by atoms with van der Waals surface area (Å²) in [6, 6.07) is 0. The molecule has 2 unspecified atom stereocenters. The number of nitrogens with two attached hydrogens (primary N) is 1. The highest BCUT2D eigenvalue weighted by molar-refractivity contribution is 5.01. The zero-order valence-electron chi connectivity index (χ0n) is 8.73. The van der Waals surface area contributed by atoms with Crippen molar-refractivity contribution in [3.8, 4) is 5.88 Å². The Kier molecular flexibility index (Phi) is 3.04. The van der Waals surface area contributed by atoms with Crippen LogP contribution in [-0.4, -0.2) is 27.8 Å². The van der Waals surface area contributed by atoms with Gasteiger partial charge in [-0.3, -0.25) is 9.78 Å². The fourth-order valence-electron chi connectivity index (χ4n) is 1.99. The molecule has 0 bridgehead atoms. The third kappa shape index (κ3) is 2.13. The molecule has 1 heterocycles. The summed E-state index contributed by atoms with van der Waals surface area (Å²) in [5.41, 5.74) is 4.35. The van der Waals surface area contributed by atoms with E-state index in [1.54, 1.807) is 0 Å². The van der Waals surface area contributed by atoms with Crippen molar-refractivity contribution < 1.29 is 4.74 Å². The summed E-state index contributed by atoms with van der Waals surface area (Å²) in [5, 5.41) is 5.70. The number of H-pyrrole nitrogens is 2. The normalized spacial score (nSPS) is 24.6. The molecule has 1 saturated carbocycles. The molecule has 7 heteroatoms. The Bertz CT molecular complexity index is 466. The lowest BCUT2D eigenvalue weighted by atomic mass is 10.1. The molecule has 1 fully saturated rings. The van der Waals surface area contributed by atoms with Gasteiger partial charge in [-0.1, -0.05) is 0 Å². The SMILES string of the molecule is NCC1CCCC1Oc1n[nH]c(=O)[nH]c1=O. The zero-order chi connectivity index (χ0) is 11.5. The Balaban J connectivity index is 2.14. The van der Waals surface area contributed by atoms with Crippen molar-refractivity contribution in [1.82, 2.24) is 15.2 Å². The van der Waals surface area contributed by atoms with Gasteiger partial charge in [0.25, 0.3) is 5.88 Å². The average molecular weight is 226 g/mol. The van der Waals surface area contributed by atoms with Crippen LogP contribution in [0.5, 0.6) is 5.88 Å². The molecule has 0 radical (unpaired) electrons. The molecule has 88 valence electrons. The number of nitrogens with zero attached hydrogens (tertiary/aromatic N) is 1. The Morgan fingerprint density at radius 3 is 2.94 bits per heavy atom. The second kappa shape index (κ2) is 4.48. The number of hydrogen-bond donors (Lipinski definition) is 3. The van der Waals surface area contributed by atoms with Crippen LogP contribution in [0.15, 0.2) is 9.59 Å². The second-order valence-electron chi connectivity index (χ2n) is 3.89. The minimum Gasteiger partial charge on any atom is -0.469 e. The molecule has 4 N–H and O–H groups in total. The molecule has 0 spiro atoms. The Morgan fingerprint density at radius 2 is 2.25 bits per heavy atom. The maximum absolute atomic E-state index is 11.3. The van der Waals surface area contributed by atoms with Gasteiger partial charge in [-0.05, 0) is 25.8 Å². The summed E-state index contributed by atoms with van der Waals surface area (Å²) in [4.78, 5) is 24.1. The third-order valence-corrected chi connectivity index (χ3v) is 2.84. The lowest BCUT2D eigenvalue weighted by Gasteiger charge is -2.17. The zero-order valence-corrected chi connectivity index (χ0v) is 8.73. The van der Waals surface area contributed by atoms with Crippen molar-refractivity contribution >= 4 is 0 Å². The summed E-state index contributed by atoms with van der Waals surface area (Å²) >= 11 is 0. The van der Waals surface area contributed by atoms with E-state index in [4.69, 9.17) is 10.5 Å². The van der Waals surface area contributed by atoms with Gasteiger partial charge >= 0.3 is 11.2 Å². The molecule has 1 aliphatic carbocycles. The lowest BCUT2D eigenvalue weighted by Crippen LogP contribution is -2.32. The first-order valence-electron chi connectivity index (χ1n) is 5.26. The van der Waals surface area contributed by atoms with Crippen molar-refractivity contribution in [3.05, 3.63) is 20.8 Å². The van der Waals surface area contributed by atoms with Crippen molar-refractivity contribution in [2.24, 2.45) is 11.7 Å². The van der Waals surface area contributed by atoms with Gasteiger partial charge in [0.1, 0.15) is 6.10 Å². The summed E-state index contributed by atoms with van der Waals surface area (Å²) < 4.78 is 5.46. The predicted octanol–water partition coefficient (Wildman–Crippen LogP) is -1.04. The summed E-state index contributed by atoms with van der Waals surface area (Å²) in [6.45, 7) is 0.534. The van der Waals surface area contributed by atoms with E-state index in [0.717, 1.165) is 19.3 Å². The minimum absolute atomic E-state index is 0.0792. The van der Waals surface area contributed by atoms with Crippen LogP contribution in [-0.2, 0) is 0 Å². The third-order valence-electron chi connectivity index (χ3n) is 2.84. The number of rotatable bonds is 3. The van der Waals surface area contributed by atoms with Gasteiger partial charge in [0.05, 0.1) is 0 Å². The summed E-state index contributed by atoms with van der Waals surface area (Å²) in [6.07, 6.45) is 2.82. The maximum atomic E-state index is 11.3. The first-order chi connectivity index (χ1) is 7.70. The first kappa shape index (κ1) is 10.9. The molecule has 7 nitrogen and oxygen atoms in total. The predicted molar refractivity (Wildman–Crippen MR) is 56.3 cm³/mol. The molecule has 0 aliphatic heterocycles. The highest BCUT2D eigenvalue weighted by Gasteiger charge is 2.28. The number of ether oxygens (including phenoxy) is 1. The van der Waals surface area contributed by atoms with Gasteiger partial charge in [0.15, 0.2) is 0 Å². The van der Waals surface area contributed by atoms with E-state index < -0.39 is 11.2 Å². The smallest absolute Gasteiger partial charge is 0.342 e. The summed E-state index contributed by atoms with van der Waals surface area (Å²) in [7, 11) is 0.